The van der Waals surface area contributed by atoms with Crippen LogP contribution in [-0.2, 0) is 0 Å². The van der Waals surface area contributed by atoms with Gasteiger partial charge in [0.2, 0.25) is 0 Å². The molecule has 0 radical (unpaired) electrons. The predicted molar refractivity (Wildman–Crippen MR) is 72.1 cm³/mol. The number of hydrogen-bond acceptors (Lipinski definition) is 3. The maximum Gasteiger partial charge on any atom is 0.0569 e. The van der Waals surface area contributed by atoms with Crippen molar-refractivity contribution in [2.24, 2.45) is 5.73 Å². The van der Waals surface area contributed by atoms with Crippen molar-refractivity contribution >= 4 is 5.69 Å². The molecule has 17 heavy (non-hydrogen) atoms. The molecule has 3 nitrogen and oxygen atoms in total. The molecule has 0 aliphatic heterocycles. The van der Waals surface area contributed by atoms with Gasteiger partial charge in [-0.25, -0.2) is 0 Å². The van der Waals surface area contributed by atoms with Crippen molar-refractivity contribution in [3.63, 3.8) is 0 Å². The average Bonchev–Trinajstić information content (AvgIpc) is 2.84. The molecule has 1 heterocycles. The highest BCUT2D eigenvalue weighted by atomic mass is 15.2. The monoisotopic (exact) mass is 233 g/mol. The van der Waals surface area contributed by atoms with Crippen molar-refractivity contribution < 1.29 is 0 Å². The molecule has 0 aromatic carbocycles. The van der Waals surface area contributed by atoms with Crippen LogP contribution in [0.5, 0.6) is 0 Å². The smallest absolute Gasteiger partial charge is 0.0569 e. The van der Waals surface area contributed by atoms with Crippen LogP contribution in [0.4, 0.5) is 5.69 Å². The van der Waals surface area contributed by atoms with Gasteiger partial charge in [0.1, 0.15) is 0 Å². The topological polar surface area (TPSA) is 42.1 Å². The Kier molecular flexibility index (Phi) is 4.00. The Hall–Kier alpha value is -1.09. The van der Waals surface area contributed by atoms with Crippen molar-refractivity contribution in [3.8, 4) is 0 Å². The fraction of sp³-hybridized carbons (Fsp3) is 0.643. The molecule has 0 unspecified atom stereocenters. The van der Waals surface area contributed by atoms with Crippen molar-refractivity contribution in [1.82, 2.24) is 4.98 Å². The highest BCUT2D eigenvalue weighted by molar-refractivity contribution is 5.46. The molecule has 3 heteroatoms. The molecule has 1 fully saturated rings. The zero-order valence-corrected chi connectivity index (χ0v) is 10.9. The Labute approximate surface area is 104 Å². The van der Waals surface area contributed by atoms with Gasteiger partial charge < -0.3 is 10.6 Å². The zero-order chi connectivity index (χ0) is 12.3. The first-order valence-corrected chi connectivity index (χ1v) is 6.70. The average molecular weight is 233 g/mol. The summed E-state index contributed by atoms with van der Waals surface area (Å²) in [5.41, 5.74) is 8.03. The maximum atomic E-state index is 5.82. The Morgan fingerprint density at radius 2 is 2.12 bits per heavy atom. The Balaban J connectivity index is 2.13. The van der Waals surface area contributed by atoms with Crippen molar-refractivity contribution in [3.05, 3.63) is 24.0 Å². The van der Waals surface area contributed by atoms with Gasteiger partial charge in [-0.1, -0.05) is 12.8 Å². The third-order valence-electron chi connectivity index (χ3n) is 3.68. The minimum Gasteiger partial charge on any atom is -0.368 e. The third-order valence-corrected chi connectivity index (χ3v) is 3.68. The molecule has 94 valence electrons. The number of nitrogens with two attached hydrogens (primary N) is 1. The van der Waals surface area contributed by atoms with Crippen LogP contribution >= 0.6 is 0 Å². The van der Waals surface area contributed by atoms with Crippen molar-refractivity contribution in [1.29, 1.82) is 0 Å². The van der Waals surface area contributed by atoms with Crippen LogP contribution in [0.1, 0.15) is 51.3 Å². The molecule has 1 aromatic heterocycles. The van der Waals surface area contributed by atoms with Gasteiger partial charge in [0.15, 0.2) is 0 Å². The lowest BCUT2D eigenvalue weighted by Gasteiger charge is -2.29. The Bertz CT molecular complexity index is 339. The van der Waals surface area contributed by atoms with Crippen LogP contribution < -0.4 is 10.6 Å². The molecule has 1 aliphatic carbocycles. The van der Waals surface area contributed by atoms with Crippen LogP contribution in [0, 0.1) is 0 Å². The van der Waals surface area contributed by atoms with E-state index in [1.807, 2.05) is 13.1 Å². The van der Waals surface area contributed by atoms with Gasteiger partial charge in [-0.05, 0) is 38.8 Å². The number of aromatic nitrogens is 1. The van der Waals surface area contributed by atoms with E-state index in [1.165, 1.54) is 31.4 Å². The van der Waals surface area contributed by atoms with Crippen LogP contribution in [0.15, 0.2) is 18.3 Å². The van der Waals surface area contributed by atoms with Gasteiger partial charge in [0.25, 0.3) is 0 Å². The second-order valence-corrected chi connectivity index (χ2v) is 4.95. The lowest BCUT2D eigenvalue weighted by Crippen LogP contribution is -2.33. The SMILES string of the molecule is CCN(c1ccc([C@@H](C)N)nc1)C1CCCC1. The number of anilines is 1. The van der Waals surface area contributed by atoms with Crippen molar-refractivity contribution in [2.45, 2.75) is 51.6 Å². The fourth-order valence-electron chi connectivity index (χ4n) is 2.70. The summed E-state index contributed by atoms with van der Waals surface area (Å²) in [6, 6.07) is 4.94. The molecule has 2 rings (SSSR count). The van der Waals surface area contributed by atoms with E-state index in [-0.39, 0.29) is 6.04 Å². The summed E-state index contributed by atoms with van der Waals surface area (Å²) in [5.74, 6) is 0. The van der Waals surface area contributed by atoms with E-state index < -0.39 is 0 Å². The van der Waals surface area contributed by atoms with Crippen molar-refractivity contribution in [2.75, 3.05) is 11.4 Å². The van der Waals surface area contributed by atoms with E-state index in [4.69, 9.17) is 5.73 Å². The first-order valence-electron chi connectivity index (χ1n) is 6.70. The fourth-order valence-corrected chi connectivity index (χ4v) is 2.70. The molecule has 1 aliphatic rings. The minimum absolute atomic E-state index is 0.0191. The van der Waals surface area contributed by atoms with E-state index in [0.717, 1.165) is 12.2 Å². The van der Waals surface area contributed by atoms with Gasteiger partial charge in [0, 0.05) is 18.6 Å². The molecule has 0 amide bonds. The molecule has 1 atom stereocenters. The number of rotatable bonds is 4. The summed E-state index contributed by atoms with van der Waals surface area (Å²) < 4.78 is 0. The second-order valence-electron chi connectivity index (χ2n) is 4.95. The van der Waals surface area contributed by atoms with Crippen LogP contribution in [0.3, 0.4) is 0 Å². The highest BCUT2D eigenvalue weighted by Gasteiger charge is 2.21. The van der Waals surface area contributed by atoms with E-state index in [2.05, 4.69) is 28.9 Å². The lowest BCUT2D eigenvalue weighted by atomic mass is 10.1. The van der Waals surface area contributed by atoms with Gasteiger partial charge >= 0.3 is 0 Å². The molecule has 1 aromatic rings. The third kappa shape index (κ3) is 2.78. The summed E-state index contributed by atoms with van der Waals surface area (Å²) in [5, 5.41) is 0. The van der Waals surface area contributed by atoms with E-state index in [0.29, 0.717) is 6.04 Å². The standard InChI is InChI=1S/C14H23N3/c1-3-17(12-6-4-5-7-12)13-8-9-14(11(2)15)16-10-13/h8-12H,3-7,15H2,1-2H3/t11-/m1/s1. The van der Waals surface area contributed by atoms with Gasteiger partial charge in [0.05, 0.1) is 17.6 Å². The molecular weight excluding hydrogens is 210 g/mol. The Morgan fingerprint density at radius 3 is 2.59 bits per heavy atom. The number of pyridine rings is 1. The largest absolute Gasteiger partial charge is 0.368 e. The van der Waals surface area contributed by atoms with E-state index >= 15 is 0 Å². The highest BCUT2D eigenvalue weighted by Crippen LogP contribution is 2.27. The first-order chi connectivity index (χ1) is 8.22. The quantitative estimate of drug-likeness (QED) is 0.869. The van der Waals surface area contributed by atoms with Gasteiger partial charge in [-0.2, -0.15) is 0 Å². The molecule has 0 spiro atoms. The number of hydrogen-bond donors (Lipinski definition) is 1. The molecular formula is C14H23N3. The zero-order valence-electron chi connectivity index (χ0n) is 10.9. The molecule has 1 saturated carbocycles. The normalized spacial score (nSPS) is 18.3. The summed E-state index contributed by atoms with van der Waals surface area (Å²) in [6.45, 7) is 5.25. The Morgan fingerprint density at radius 1 is 1.41 bits per heavy atom. The van der Waals surface area contributed by atoms with Crippen LogP contribution in [0.25, 0.3) is 0 Å². The summed E-state index contributed by atoms with van der Waals surface area (Å²) in [6.07, 6.45) is 7.35. The van der Waals surface area contributed by atoms with Gasteiger partial charge in [-0.15, -0.1) is 0 Å². The minimum atomic E-state index is 0.0191. The lowest BCUT2D eigenvalue weighted by molar-refractivity contribution is 0.618. The van der Waals surface area contributed by atoms with Crippen LogP contribution in [0.2, 0.25) is 0 Å². The summed E-state index contributed by atoms with van der Waals surface area (Å²) in [4.78, 5) is 6.93. The predicted octanol–water partition coefficient (Wildman–Crippen LogP) is 2.87. The summed E-state index contributed by atoms with van der Waals surface area (Å²) in [7, 11) is 0. The van der Waals surface area contributed by atoms with E-state index in [9.17, 15) is 0 Å². The first kappa shape index (κ1) is 12.4. The molecule has 2 N–H and O–H groups in total. The molecule has 0 bridgehead atoms. The molecule has 0 saturated heterocycles. The number of nitrogens with zero attached hydrogens (tertiary/aromatic N) is 2. The van der Waals surface area contributed by atoms with Crippen LogP contribution in [-0.4, -0.2) is 17.6 Å². The summed E-state index contributed by atoms with van der Waals surface area (Å²) >= 11 is 0. The van der Waals surface area contributed by atoms with E-state index in [1.54, 1.807) is 0 Å². The maximum absolute atomic E-state index is 5.82. The second kappa shape index (κ2) is 5.50. The van der Waals surface area contributed by atoms with Gasteiger partial charge in [-0.3, -0.25) is 4.98 Å².